The molecule has 1 aromatic rings. The van der Waals surface area contributed by atoms with Gasteiger partial charge in [-0.25, -0.2) is 0 Å². The number of Topliss-reactive ketones (excluding diaryl/α,β-unsaturated/α-hetero) is 1. The lowest BCUT2D eigenvalue weighted by Crippen LogP contribution is -2.31. The van der Waals surface area contributed by atoms with Crippen molar-refractivity contribution in [3.63, 3.8) is 0 Å². The zero-order valence-corrected chi connectivity index (χ0v) is 13.2. The highest BCUT2D eigenvalue weighted by Crippen LogP contribution is 2.12. The largest absolute Gasteiger partial charge is 0.395 e. The number of ketones is 1. The molecule has 7 heteroatoms. The van der Waals surface area contributed by atoms with Crippen LogP contribution in [0, 0.1) is 0 Å². The van der Waals surface area contributed by atoms with Gasteiger partial charge in [-0.15, -0.1) is 0 Å². The molecule has 0 amide bonds. The molecule has 4 N–H and O–H groups in total. The number of hydrogen-bond acceptors (Lipinski definition) is 7. The van der Waals surface area contributed by atoms with Crippen molar-refractivity contribution in [1.82, 2.24) is 10.2 Å². The van der Waals surface area contributed by atoms with Crippen molar-refractivity contribution in [1.29, 1.82) is 0 Å². The van der Waals surface area contributed by atoms with Crippen LogP contribution in [0.2, 0.25) is 0 Å². The maximum atomic E-state index is 12.2. The lowest BCUT2D eigenvalue weighted by molar-refractivity contribution is 0.0947. The summed E-state index contributed by atoms with van der Waals surface area (Å²) in [4.78, 5) is 18.3. The van der Waals surface area contributed by atoms with Gasteiger partial charge >= 0.3 is 0 Å². The Bertz CT molecular complexity index is 525. The molecule has 126 valence electrons. The van der Waals surface area contributed by atoms with Gasteiger partial charge in [0.2, 0.25) is 0 Å². The van der Waals surface area contributed by atoms with E-state index in [4.69, 9.17) is 10.2 Å². The molecule has 0 bridgehead atoms. The monoisotopic (exact) mass is 320 g/mol. The molecular weight excluding hydrogens is 296 g/mol. The lowest BCUT2D eigenvalue weighted by atomic mass is 10.1. The van der Waals surface area contributed by atoms with E-state index in [-0.39, 0.29) is 19.0 Å². The minimum Gasteiger partial charge on any atom is -0.395 e. The van der Waals surface area contributed by atoms with Crippen molar-refractivity contribution >= 4 is 17.4 Å². The number of aliphatic hydroxyl groups excluding tert-OH is 2. The van der Waals surface area contributed by atoms with E-state index in [9.17, 15) is 4.79 Å². The molecule has 0 atom stereocenters. The number of hydrogen-bond donors (Lipinski definition) is 4. The van der Waals surface area contributed by atoms with Gasteiger partial charge in [0.1, 0.15) is 0 Å². The van der Waals surface area contributed by atoms with E-state index in [1.807, 2.05) is 17.0 Å². The summed E-state index contributed by atoms with van der Waals surface area (Å²) < 4.78 is 0. The SMILES string of the molecule is O=C(CCN(CCO)CCO)c1ccc(NC2=NCCN2)cc1. The van der Waals surface area contributed by atoms with Crippen molar-refractivity contribution in [2.75, 3.05) is 51.3 Å². The van der Waals surface area contributed by atoms with Gasteiger partial charge in [-0.2, -0.15) is 0 Å². The summed E-state index contributed by atoms with van der Waals surface area (Å²) in [6, 6.07) is 7.30. The van der Waals surface area contributed by atoms with Gasteiger partial charge in [-0.3, -0.25) is 14.7 Å². The predicted octanol–water partition coefficient (Wildman–Crippen LogP) is -0.0829. The number of aliphatic hydroxyl groups is 2. The second-order valence-corrected chi connectivity index (χ2v) is 5.32. The third kappa shape index (κ3) is 5.63. The number of aliphatic imine (C=N–C) groups is 1. The maximum Gasteiger partial charge on any atom is 0.195 e. The molecule has 0 aromatic heterocycles. The van der Waals surface area contributed by atoms with Crippen molar-refractivity contribution < 1.29 is 15.0 Å². The molecular formula is C16H24N4O3. The summed E-state index contributed by atoms with van der Waals surface area (Å²) in [6.45, 7) is 3.12. The van der Waals surface area contributed by atoms with Crippen LogP contribution in [0.5, 0.6) is 0 Å². The Morgan fingerprint density at radius 3 is 2.43 bits per heavy atom. The van der Waals surface area contributed by atoms with Crippen LogP contribution in [0.15, 0.2) is 29.3 Å². The summed E-state index contributed by atoms with van der Waals surface area (Å²) in [5.74, 6) is 0.807. The van der Waals surface area contributed by atoms with Crippen molar-refractivity contribution in [2.45, 2.75) is 6.42 Å². The summed E-state index contributed by atoms with van der Waals surface area (Å²) in [7, 11) is 0. The number of nitrogens with zero attached hydrogens (tertiary/aromatic N) is 2. The summed E-state index contributed by atoms with van der Waals surface area (Å²) in [5, 5.41) is 24.2. The number of nitrogens with one attached hydrogen (secondary N) is 2. The van der Waals surface area contributed by atoms with E-state index < -0.39 is 0 Å². The standard InChI is InChI=1S/C16H24N4O3/c21-11-9-20(10-12-22)8-5-15(23)13-1-3-14(4-2-13)19-16-17-6-7-18-16/h1-4,21-22H,5-12H2,(H2,17,18,19). The number of rotatable bonds is 9. The average molecular weight is 320 g/mol. The number of benzene rings is 1. The Kier molecular flexibility index (Phi) is 6.99. The minimum atomic E-state index is 0.0203. The highest BCUT2D eigenvalue weighted by molar-refractivity contribution is 5.98. The average Bonchev–Trinajstić information content (AvgIpc) is 3.06. The molecule has 2 rings (SSSR count). The smallest absolute Gasteiger partial charge is 0.195 e. The second-order valence-electron chi connectivity index (χ2n) is 5.32. The molecule has 1 aliphatic heterocycles. The quantitative estimate of drug-likeness (QED) is 0.475. The second kappa shape index (κ2) is 9.24. The molecule has 0 saturated heterocycles. The number of guanidine groups is 1. The Labute approximate surface area is 136 Å². The van der Waals surface area contributed by atoms with Gasteiger partial charge in [0.25, 0.3) is 0 Å². The highest BCUT2D eigenvalue weighted by atomic mass is 16.3. The molecule has 0 spiro atoms. The maximum absolute atomic E-state index is 12.2. The fourth-order valence-corrected chi connectivity index (χ4v) is 2.38. The molecule has 23 heavy (non-hydrogen) atoms. The van der Waals surface area contributed by atoms with Gasteiger partial charge < -0.3 is 20.8 Å². The first-order valence-electron chi connectivity index (χ1n) is 7.85. The van der Waals surface area contributed by atoms with Gasteiger partial charge in [0, 0.05) is 43.9 Å². The van der Waals surface area contributed by atoms with E-state index in [2.05, 4.69) is 15.6 Å². The fourth-order valence-electron chi connectivity index (χ4n) is 2.38. The number of carbonyl (C=O) groups is 1. The zero-order chi connectivity index (χ0) is 16.5. The molecule has 1 aliphatic rings. The molecule has 0 saturated carbocycles. The van der Waals surface area contributed by atoms with Crippen LogP contribution in [0.4, 0.5) is 5.69 Å². The minimum absolute atomic E-state index is 0.0203. The number of carbonyl (C=O) groups excluding carboxylic acids is 1. The molecule has 0 unspecified atom stereocenters. The molecule has 0 radical (unpaired) electrons. The fraction of sp³-hybridized carbons (Fsp3) is 0.500. The normalized spacial score (nSPS) is 13.8. The highest BCUT2D eigenvalue weighted by Gasteiger charge is 2.10. The van der Waals surface area contributed by atoms with E-state index in [1.54, 1.807) is 12.1 Å². The van der Waals surface area contributed by atoms with E-state index in [1.165, 1.54) is 0 Å². The summed E-state index contributed by atoms with van der Waals surface area (Å²) in [5.41, 5.74) is 1.54. The van der Waals surface area contributed by atoms with Gasteiger partial charge in [-0.1, -0.05) is 0 Å². The summed E-state index contributed by atoms with van der Waals surface area (Å²) >= 11 is 0. The predicted molar refractivity (Wildman–Crippen MR) is 89.9 cm³/mol. The van der Waals surface area contributed by atoms with Crippen molar-refractivity contribution in [2.24, 2.45) is 4.99 Å². The third-order valence-electron chi connectivity index (χ3n) is 3.63. The van der Waals surface area contributed by atoms with Gasteiger partial charge in [-0.05, 0) is 24.3 Å². The van der Waals surface area contributed by atoms with Crippen molar-refractivity contribution in [3.8, 4) is 0 Å². The molecule has 1 aromatic carbocycles. The van der Waals surface area contributed by atoms with Crippen LogP contribution in [0.1, 0.15) is 16.8 Å². The van der Waals surface area contributed by atoms with E-state index in [0.717, 1.165) is 24.7 Å². The van der Waals surface area contributed by atoms with Crippen LogP contribution in [-0.2, 0) is 0 Å². The van der Waals surface area contributed by atoms with E-state index >= 15 is 0 Å². The van der Waals surface area contributed by atoms with Crippen LogP contribution in [0.25, 0.3) is 0 Å². The molecule has 1 heterocycles. The Hall–Kier alpha value is -1.96. The first-order valence-corrected chi connectivity index (χ1v) is 7.85. The van der Waals surface area contributed by atoms with Crippen molar-refractivity contribution in [3.05, 3.63) is 29.8 Å². The van der Waals surface area contributed by atoms with Crippen LogP contribution in [-0.4, -0.2) is 72.8 Å². The topological polar surface area (TPSA) is 97.2 Å². The molecule has 7 nitrogen and oxygen atoms in total. The number of anilines is 1. The Morgan fingerprint density at radius 1 is 1.17 bits per heavy atom. The van der Waals surface area contributed by atoms with Gasteiger partial charge in [0.05, 0.1) is 19.8 Å². The molecule has 0 aliphatic carbocycles. The third-order valence-corrected chi connectivity index (χ3v) is 3.63. The first kappa shape index (κ1) is 17.4. The lowest BCUT2D eigenvalue weighted by Gasteiger charge is -2.19. The van der Waals surface area contributed by atoms with E-state index in [0.29, 0.717) is 31.6 Å². The zero-order valence-electron chi connectivity index (χ0n) is 13.2. The van der Waals surface area contributed by atoms with Crippen LogP contribution >= 0.6 is 0 Å². The van der Waals surface area contributed by atoms with Gasteiger partial charge in [0.15, 0.2) is 11.7 Å². The summed E-state index contributed by atoms with van der Waals surface area (Å²) in [6.07, 6.45) is 0.362. The first-order chi connectivity index (χ1) is 11.2. The van der Waals surface area contributed by atoms with Crippen LogP contribution < -0.4 is 10.6 Å². The van der Waals surface area contributed by atoms with Crippen LogP contribution in [0.3, 0.4) is 0 Å². The molecule has 0 fully saturated rings. The Balaban J connectivity index is 1.84. The Morgan fingerprint density at radius 2 is 1.87 bits per heavy atom.